The number of rotatable bonds is 6. The van der Waals surface area contributed by atoms with Crippen LogP contribution in [-0.2, 0) is 13.6 Å². The van der Waals surface area contributed by atoms with Gasteiger partial charge in [0.25, 0.3) is 0 Å². The third-order valence-corrected chi connectivity index (χ3v) is 4.57. The van der Waals surface area contributed by atoms with Crippen LogP contribution >= 0.6 is 0 Å². The Morgan fingerprint density at radius 3 is 2.52 bits per heavy atom. The molecular weight excluding hydrogens is 288 g/mol. The summed E-state index contributed by atoms with van der Waals surface area (Å²) < 4.78 is 1.93. The zero-order valence-electron chi connectivity index (χ0n) is 15.2. The van der Waals surface area contributed by atoms with Gasteiger partial charge in [0.15, 0.2) is 5.96 Å². The number of aryl methyl sites for hydroxylation is 2. The zero-order valence-corrected chi connectivity index (χ0v) is 15.2. The standard InChI is InChI=1S/C17H32N6/c1-5-18-17(19-9-12-23-10-7-6-8-11-23)20-13-16-14(2)21-22(4)15(16)3/h5-13H2,1-4H3,(H2,18,19,20). The van der Waals surface area contributed by atoms with E-state index in [1.54, 1.807) is 0 Å². The first kappa shape index (κ1) is 17.8. The van der Waals surface area contributed by atoms with Gasteiger partial charge in [-0.2, -0.15) is 5.10 Å². The number of nitrogens with zero attached hydrogens (tertiary/aromatic N) is 4. The molecule has 0 radical (unpaired) electrons. The molecule has 23 heavy (non-hydrogen) atoms. The Kier molecular flexibility index (Phi) is 6.89. The molecule has 1 aliphatic rings. The van der Waals surface area contributed by atoms with Crippen molar-refractivity contribution in [3.63, 3.8) is 0 Å². The summed E-state index contributed by atoms with van der Waals surface area (Å²) >= 11 is 0. The Balaban J connectivity index is 1.86. The maximum Gasteiger partial charge on any atom is 0.191 e. The summed E-state index contributed by atoms with van der Waals surface area (Å²) in [5.41, 5.74) is 3.48. The maximum atomic E-state index is 4.72. The van der Waals surface area contributed by atoms with E-state index >= 15 is 0 Å². The average molecular weight is 320 g/mol. The lowest BCUT2D eigenvalue weighted by atomic mass is 10.1. The van der Waals surface area contributed by atoms with E-state index < -0.39 is 0 Å². The van der Waals surface area contributed by atoms with Gasteiger partial charge in [-0.25, -0.2) is 4.99 Å². The molecule has 0 unspecified atom stereocenters. The lowest BCUT2D eigenvalue weighted by molar-refractivity contribution is 0.232. The van der Waals surface area contributed by atoms with Crippen molar-refractivity contribution < 1.29 is 0 Å². The first-order valence-corrected chi connectivity index (χ1v) is 8.85. The Morgan fingerprint density at radius 1 is 1.17 bits per heavy atom. The van der Waals surface area contributed by atoms with E-state index in [9.17, 15) is 0 Å². The molecule has 0 spiro atoms. The van der Waals surface area contributed by atoms with E-state index in [0.29, 0.717) is 6.54 Å². The second-order valence-electron chi connectivity index (χ2n) is 6.30. The van der Waals surface area contributed by atoms with Crippen LogP contribution in [0.1, 0.15) is 43.1 Å². The second kappa shape index (κ2) is 8.91. The van der Waals surface area contributed by atoms with Gasteiger partial charge in [-0.3, -0.25) is 4.68 Å². The van der Waals surface area contributed by atoms with Crippen molar-refractivity contribution in [2.24, 2.45) is 12.0 Å². The van der Waals surface area contributed by atoms with Crippen molar-refractivity contribution in [3.8, 4) is 0 Å². The normalized spacial score (nSPS) is 16.6. The Bertz CT molecular complexity index is 513. The summed E-state index contributed by atoms with van der Waals surface area (Å²) in [5, 5.41) is 11.2. The smallest absolute Gasteiger partial charge is 0.191 e. The number of aliphatic imine (C=N–C) groups is 1. The van der Waals surface area contributed by atoms with Crippen molar-refractivity contribution in [2.45, 2.75) is 46.6 Å². The molecule has 130 valence electrons. The average Bonchev–Trinajstić information content (AvgIpc) is 2.79. The second-order valence-corrected chi connectivity index (χ2v) is 6.30. The van der Waals surface area contributed by atoms with E-state index in [0.717, 1.165) is 31.3 Å². The molecule has 1 aromatic rings. The van der Waals surface area contributed by atoms with Crippen molar-refractivity contribution in [1.82, 2.24) is 25.3 Å². The van der Waals surface area contributed by atoms with Crippen molar-refractivity contribution >= 4 is 5.96 Å². The minimum Gasteiger partial charge on any atom is -0.357 e. The number of guanidine groups is 1. The van der Waals surface area contributed by atoms with Crippen LogP contribution in [0.2, 0.25) is 0 Å². The number of piperidine rings is 1. The fourth-order valence-corrected chi connectivity index (χ4v) is 3.06. The van der Waals surface area contributed by atoms with E-state index in [2.05, 4.69) is 41.4 Å². The molecule has 1 fully saturated rings. The summed E-state index contributed by atoms with van der Waals surface area (Å²) in [6.07, 6.45) is 4.07. The van der Waals surface area contributed by atoms with Gasteiger partial charge in [0.2, 0.25) is 0 Å². The van der Waals surface area contributed by atoms with E-state index in [-0.39, 0.29) is 0 Å². The molecule has 1 saturated heterocycles. The monoisotopic (exact) mass is 320 g/mol. The van der Waals surface area contributed by atoms with E-state index in [1.165, 1.54) is 43.6 Å². The van der Waals surface area contributed by atoms with E-state index in [1.807, 2.05) is 11.7 Å². The Hall–Kier alpha value is -1.56. The summed E-state index contributed by atoms with van der Waals surface area (Å²) in [6, 6.07) is 0. The Morgan fingerprint density at radius 2 is 1.91 bits per heavy atom. The van der Waals surface area contributed by atoms with Gasteiger partial charge in [0.1, 0.15) is 0 Å². The molecular formula is C17H32N6. The number of hydrogen-bond acceptors (Lipinski definition) is 3. The Labute approximate surface area is 140 Å². The minimum atomic E-state index is 0.671. The van der Waals surface area contributed by atoms with Gasteiger partial charge < -0.3 is 15.5 Å². The third kappa shape index (κ3) is 5.23. The summed E-state index contributed by atoms with van der Waals surface area (Å²) in [4.78, 5) is 7.26. The van der Waals surface area contributed by atoms with Crippen LogP contribution in [0.25, 0.3) is 0 Å². The van der Waals surface area contributed by atoms with Gasteiger partial charge in [-0.15, -0.1) is 0 Å². The fraction of sp³-hybridized carbons (Fsp3) is 0.765. The van der Waals surface area contributed by atoms with Gasteiger partial charge in [0, 0.05) is 37.9 Å². The third-order valence-electron chi connectivity index (χ3n) is 4.57. The summed E-state index contributed by atoms with van der Waals surface area (Å²) in [6.45, 7) is 12.3. The highest BCUT2D eigenvalue weighted by Gasteiger charge is 2.10. The minimum absolute atomic E-state index is 0.671. The topological polar surface area (TPSA) is 57.5 Å². The molecule has 0 amide bonds. The number of hydrogen-bond donors (Lipinski definition) is 2. The summed E-state index contributed by atoms with van der Waals surface area (Å²) in [7, 11) is 1.98. The molecule has 0 saturated carbocycles. The first-order valence-electron chi connectivity index (χ1n) is 8.85. The molecule has 0 aromatic carbocycles. The van der Waals surface area contributed by atoms with Crippen LogP contribution in [0, 0.1) is 13.8 Å². The van der Waals surface area contributed by atoms with Gasteiger partial charge in [0.05, 0.1) is 12.2 Å². The molecule has 1 aromatic heterocycles. The van der Waals surface area contributed by atoms with Crippen molar-refractivity contribution in [2.75, 3.05) is 32.7 Å². The van der Waals surface area contributed by atoms with Crippen molar-refractivity contribution in [1.29, 1.82) is 0 Å². The first-order chi connectivity index (χ1) is 11.1. The number of likely N-dealkylation sites (tertiary alicyclic amines) is 1. The lowest BCUT2D eigenvalue weighted by Gasteiger charge is -2.26. The van der Waals surface area contributed by atoms with Crippen LogP contribution < -0.4 is 10.6 Å². The molecule has 2 heterocycles. The fourth-order valence-electron chi connectivity index (χ4n) is 3.06. The molecule has 6 nitrogen and oxygen atoms in total. The number of aromatic nitrogens is 2. The van der Waals surface area contributed by atoms with E-state index in [4.69, 9.17) is 4.99 Å². The maximum absolute atomic E-state index is 4.72. The molecule has 0 atom stereocenters. The molecule has 6 heteroatoms. The SMILES string of the molecule is CCNC(=NCc1c(C)nn(C)c1C)NCCN1CCCCC1. The van der Waals surface area contributed by atoms with Crippen LogP contribution in [0.3, 0.4) is 0 Å². The molecule has 0 aliphatic carbocycles. The number of nitrogens with one attached hydrogen (secondary N) is 2. The highest BCUT2D eigenvalue weighted by molar-refractivity contribution is 5.79. The molecule has 2 rings (SSSR count). The molecule has 0 bridgehead atoms. The highest BCUT2D eigenvalue weighted by Crippen LogP contribution is 2.12. The van der Waals surface area contributed by atoms with Crippen molar-refractivity contribution in [3.05, 3.63) is 17.0 Å². The quantitative estimate of drug-likeness (QED) is 0.617. The predicted molar refractivity (Wildman–Crippen MR) is 95.8 cm³/mol. The van der Waals surface area contributed by atoms with Crippen LogP contribution in [0.5, 0.6) is 0 Å². The van der Waals surface area contributed by atoms with Crippen LogP contribution in [0.4, 0.5) is 0 Å². The highest BCUT2D eigenvalue weighted by atomic mass is 15.3. The zero-order chi connectivity index (χ0) is 16.7. The summed E-state index contributed by atoms with van der Waals surface area (Å²) in [5.74, 6) is 0.896. The largest absolute Gasteiger partial charge is 0.357 e. The van der Waals surface area contributed by atoms with Crippen LogP contribution in [-0.4, -0.2) is 53.4 Å². The lowest BCUT2D eigenvalue weighted by Crippen LogP contribution is -2.42. The van der Waals surface area contributed by atoms with Gasteiger partial charge >= 0.3 is 0 Å². The molecule has 1 aliphatic heterocycles. The van der Waals surface area contributed by atoms with Gasteiger partial charge in [-0.1, -0.05) is 6.42 Å². The van der Waals surface area contributed by atoms with Crippen LogP contribution in [0.15, 0.2) is 4.99 Å². The molecule has 2 N–H and O–H groups in total. The predicted octanol–water partition coefficient (Wildman–Crippen LogP) is 1.58. The van der Waals surface area contributed by atoms with Gasteiger partial charge in [-0.05, 0) is 46.7 Å².